The van der Waals surface area contributed by atoms with Gasteiger partial charge in [0.1, 0.15) is 16.9 Å². The molecule has 0 bridgehead atoms. The second-order valence-corrected chi connectivity index (χ2v) is 5.79. The number of aryl methyl sites for hydroxylation is 1. The molecule has 0 spiro atoms. The molecule has 1 heterocycles. The normalized spacial score (nSPS) is 11.8. The molecule has 1 aromatic heterocycles. The second kappa shape index (κ2) is 4.85. The maximum absolute atomic E-state index is 12.2. The minimum Gasteiger partial charge on any atom is -0.456 e. The summed E-state index contributed by atoms with van der Waals surface area (Å²) in [7, 11) is 0. The van der Waals surface area contributed by atoms with E-state index in [9.17, 15) is 4.79 Å². The van der Waals surface area contributed by atoms with Gasteiger partial charge in [0.25, 0.3) is 0 Å². The molecule has 2 rings (SSSR count). The number of hydrogen-bond acceptors (Lipinski definition) is 3. The average Bonchev–Trinajstić information content (AvgIpc) is 2.68. The summed E-state index contributed by atoms with van der Waals surface area (Å²) in [5.41, 5.74) is 2.32. The number of H-pyrrole nitrogens is 1. The Balaban J connectivity index is 2.52. The number of hydrogen-bond donors (Lipinski definition) is 1. The molecule has 0 fully saturated rings. The first-order valence-electron chi connectivity index (χ1n) is 6.09. The summed E-state index contributed by atoms with van der Waals surface area (Å²) in [4.78, 5) is 19.6. The number of alkyl halides is 1. The van der Waals surface area contributed by atoms with Crippen molar-refractivity contribution in [3.8, 4) is 0 Å². The third-order valence-electron chi connectivity index (χ3n) is 2.53. The van der Waals surface area contributed by atoms with E-state index in [2.05, 4.69) is 9.97 Å². The van der Waals surface area contributed by atoms with Crippen LogP contribution in [-0.4, -0.2) is 21.5 Å². The summed E-state index contributed by atoms with van der Waals surface area (Å²) in [6.45, 7) is 7.44. The van der Waals surface area contributed by atoms with E-state index in [-0.39, 0.29) is 11.8 Å². The van der Waals surface area contributed by atoms with Gasteiger partial charge in [-0.2, -0.15) is 0 Å². The van der Waals surface area contributed by atoms with Crippen molar-refractivity contribution in [2.75, 3.05) is 0 Å². The number of imidazole rings is 1. The van der Waals surface area contributed by atoms with Gasteiger partial charge in [-0.05, 0) is 45.4 Å². The predicted octanol–water partition coefficient (Wildman–Crippen LogP) is 3.57. The highest BCUT2D eigenvalue weighted by Gasteiger charge is 2.21. The molecule has 1 aromatic carbocycles. The fourth-order valence-corrected chi connectivity index (χ4v) is 1.99. The van der Waals surface area contributed by atoms with Crippen LogP contribution in [0.2, 0.25) is 0 Å². The Morgan fingerprint density at radius 2 is 2.11 bits per heavy atom. The lowest BCUT2D eigenvalue weighted by molar-refractivity contribution is 0.00715. The Labute approximate surface area is 117 Å². The van der Waals surface area contributed by atoms with E-state index in [1.807, 2.05) is 33.8 Å². The Bertz CT molecular complexity index is 626. The Morgan fingerprint density at radius 1 is 1.42 bits per heavy atom. The maximum atomic E-state index is 12.2. The average molecular weight is 281 g/mol. The number of nitrogens with one attached hydrogen (secondary N) is 1. The number of rotatable bonds is 2. The lowest BCUT2D eigenvalue weighted by Crippen LogP contribution is -2.24. The van der Waals surface area contributed by atoms with Crippen LogP contribution >= 0.6 is 11.6 Å². The van der Waals surface area contributed by atoms with Gasteiger partial charge in [-0.3, -0.25) is 0 Å². The van der Waals surface area contributed by atoms with E-state index in [1.54, 1.807) is 6.07 Å². The minimum absolute atomic E-state index is 0.279. The van der Waals surface area contributed by atoms with Gasteiger partial charge >= 0.3 is 5.97 Å². The van der Waals surface area contributed by atoms with Crippen molar-refractivity contribution in [2.24, 2.45) is 0 Å². The molecule has 2 aromatic rings. The highest BCUT2D eigenvalue weighted by Crippen LogP contribution is 2.22. The van der Waals surface area contributed by atoms with Crippen LogP contribution in [0.4, 0.5) is 0 Å². The minimum atomic E-state index is -0.529. The first-order chi connectivity index (χ1) is 8.80. The van der Waals surface area contributed by atoms with Crippen molar-refractivity contribution >= 4 is 28.6 Å². The summed E-state index contributed by atoms with van der Waals surface area (Å²) >= 11 is 5.77. The smallest absolute Gasteiger partial charge is 0.340 e. The van der Waals surface area contributed by atoms with Crippen molar-refractivity contribution in [2.45, 2.75) is 39.2 Å². The molecule has 102 valence electrons. The van der Waals surface area contributed by atoms with Crippen LogP contribution in [0.15, 0.2) is 12.1 Å². The van der Waals surface area contributed by atoms with Crippen LogP contribution in [0.1, 0.15) is 42.5 Å². The molecule has 4 nitrogen and oxygen atoms in total. The number of esters is 1. The molecule has 0 aliphatic carbocycles. The third-order valence-corrected chi connectivity index (χ3v) is 2.78. The van der Waals surface area contributed by atoms with Gasteiger partial charge in [-0.15, -0.1) is 11.6 Å². The van der Waals surface area contributed by atoms with Crippen molar-refractivity contribution in [1.29, 1.82) is 0 Å². The Morgan fingerprint density at radius 3 is 2.68 bits per heavy atom. The van der Waals surface area contributed by atoms with Gasteiger partial charge in [0.2, 0.25) is 0 Å². The van der Waals surface area contributed by atoms with Crippen LogP contribution in [0.25, 0.3) is 11.0 Å². The number of benzene rings is 1. The quantitative estimate of drug-likeness (QED) is 0.676. The predicted molar refractivity (Wildman–Crippen MR) is 75.6 cm³/mol. The lowest BCUT2D eigenvalue weighted by atomic mass is 10.1. The zero-order valence-corrected chi connectivity index (χ0v) is 12.3. The zero-order valence-electron chi connectivity index (χ0n) is 11.5. The SMILES string of the molecule is Cc1cc(C(=O)OC(C)(C)C)c2nc(CCl)[nH]c2c1. The largest absolute Gasteiger partial charge is 0.456 e. The highest BCUT2D eigenvalue weighted by atomic mass is 35.5. The summed E-state index contributed by atoms with van der Waals surface area (Å²) in [5, 5.41) is 0. The molecular formula is C14H17ClN2O2. The van der Waals surface area contributed by atoms with Crippen LogP contribution < -0.4 is 0 Å². The van der Waals surface area contributed by atoms with E-state index in [0.717, 1.165) is 11.1 Å². The number of ether oxygens (including phenoxy) is 1. The van der Waals surface area contributed by atoms with Crippen LogP contribution in [0, 0.1) is 6.92 Å². The molecule has 0 aliphatic rings. The topological polar surface area (TPSA) is 55.0 Å². The molecule has 0 saturated carbocycles. The number of carbonyl (C=O) groups excluding carboxylic acids is 1. The van der Waals surface area contributed by atoms with Crippen LogP contribution in [0.3, 0.4) is 0 Å². The summed E-state index contributed by atoms with van der Waals surface area (Å²) in [6, 6.07) is 3.72. The molecular weight excluding hydrogens is 264 g/mol. The summed E-state index contributed by atoms with van der Waals surface area (Å²) in [6.07, 6.45) is 0. The fourth-order valence-electron chi connectivity index (χ4n) is 1.86. The maximum Gasteiger partial charge on any atom is 0.340 e. The first kappa shape index (κ1) is 13.9. The highest BCUT2D eigenvalue weighted by molar-refractivity contribution is 6.17. The first-order valence-corrected chi connectivity index (χ1v) is 6.62. The molecule has 0 aliphatic heterocycles. The van der Waals surface area contributed by atoms with Crippen molar-refractivity contribution < 1.29 is 9.53 Å². The Hall–Kier alpha value is -1.55. The third kappa shape index (κ3) is 3.07. The number of aromatic nitrogens is 2. The van der Waals surface area contributed by atoms with Gasteiger partial charge in [0.05, 0.1) is 17.0 Å². The summed E-state index contributed by atoms with van der Waals surface area (Å²) < 4.78 is 5.40. The molecule has 0 amide bonds. The number of nitrogens with zero attached hydrogens (tertiary/aromatic N) is 1. The van der Waals surface area contributed by atoms with Crippen molar-refractivity contribution in [3.63, 3.8) is 0 Å². The number of carbonyl (C=O) groups is 1. The molecule has 1 N–H and O–H groups in total. The van der Waals surface area contributed by atoms with Gasteiger partial charge in [0, 0.05) is 0 Å². The molecule has 0 saturated heterocycles. The second-order valence-electron chi connectivity index (χ2n) is 5.53. The number of fused-ring (bicyclic) bond motifs is 1. The van der Waals surface area contributed by atoms with E-state index in [0.29, 0.717) is 16.9 Å². The monoisotopic (exact) mass is 280 g/mol. The van der Waals surface area contributed by atoms with Gasteiger partial charge in [-0.1, -0.05) is 0 Å². The standard InChI is InChI=1S/C14H17ClN2O2/c1-8-5-9(13(18)19-14(2,3)4)12-10(6-8)16-11(7-15)17-12/h5-6H,7H2,1-4H3,(H,16,17). The van der Waals surface area contributed by atoms with Gasteiger partial charge < -0.3 is 9.72 Å². The molecule has 19 heavy (non-hydrogen) atoms. The summed E-state index contributed by atoms with van der Waals surface area (Å²) in [5.74, 6) is 0.558. The van der Waals surface area contributed by atoms with E-state index >= 15 is 0 Å². The molecule has 0 radical (unpaired) electrons. The van der Waals surface area contributed by atoms with E-state index < -0.39 is 5.60 Å². The molecule has 0 unspecified atom stereocenters. The van der Waals surface area contributed by atoms with E-state index in [4.69, 9.17) is 16.3 Å². The zero-order chi connectivity index (χ0) is 14.2. The van der Waals surface area contributed by atoms with Gasteiger partial charge in [-0.25, -0.2) is 9.78 Å². The number of halogens is 1. The van der Waals surface area contributed by atoms with Gasteiger partial charge in [0.15, 0.2) is 0 Å². The molecule has 5 heteroatoms. The molecule has 0 atom stereocenters. The number of aromatic amines is 1. The van der Waals surface area contributed by atoms with E-state index in [1.165, 1.54) is 0 Å². The Kier molecular flexibility index (Phi) is 3.54. The van der Waals surface area contributed by atoms with Crippen LogP contribution in [-0.2, 0) is 10.6 Å². The van der Waals surface area contributed by atoms with Crippen LogP contribution in [0.5, 0.6) is 0 Å². The van der Waals surface area contributed by atoms with Crippen molar-refractivity contribution in [3.05, 3.63) is 29.1 Å². The lowest BCUT2D eigenvalue weighted by Gasteiger charge is -2.19. The fraction of sp³-hybridized carbons (Fsp3) is 0.429. The van der Waals surface area contributed by atoms with Crippen molar-refractivity contribution in [1.82, 2.24) is 9.97 Å².